The van der Waals surface area contributed by atoms with Crippen LogP contribution in [0.1, 0.15) is 17.0 Å². The number of anilines is 1. The number of benzene rings is 1. The zero-order valence-corrected chi connectivity index (χ0v) is 14.5. The molecule has 24 heavy (non-hydrogen) atoms. The Morgan fingerprint density at radius 2 is 2.12 bits per heavy atom. The fourth-order valence-electron chi connectivity index (χ4n) is 2.44. The molecule has 8 heteroatoms. The number of halogens is 3. The number of fused-ring (bicyclic) bond motifs is 1. The molecule has 0 saturated carbocycles. The van der Waals surface area contributed by atoms with Gasteiger partial charge in [-0.15, -0.1) is 0 Å². The third-order valence-corrected chi connectivity index (χ3v) is 3.90. The van der Waals surface area contributed by atoms with Gasteiger partial charge < -0.3 is 9.64 Å². The van der Waals surface area contributed by atoms with Gasteiger partial charge in [-0.1, -0.05) is 15.9 Å². The Balaban J connectivity index is 1.92. The van der Waals surface area contributed by atoms with Crippen molar-refractivity contribution in [1.82, 2.24) is 10.2 Å². The van der Waals surface area contributed by atoms with Crippen molar-refractivity contribution >= 4 is 27.8 Å². The summed E-state index contributed by atoms with van der Waals surface area (Å²) < 4.78 is 31.1. The van der Waals surface area contributed by atoms with Crippen LogP contribution in [0.3, 0.4) is 0 Å². The van der Waals surface area contributed by atoms with E-state index in [9.17, 15) is 8.78 Å². The Labute approximate surface area is 146 Å². The molecule has 0 fully saturated rings. The van der Waals surface area contributed by atoms with Gasteiger partial charge in [-0.25, -0.2) is 8.78 Å². The normalized spacial score (nSPS) is 13.3. The number of aryl methyl sites for hydroxylation is 1. The van der Waals surface area contributed by atoms with Gasteiger partial charge in [0.2, 0.25) is 0 Å². The van der Waals surface area contributed by atoms with E-state index in [4.69, 9.17) is 4.74 Å². The summed E-state index contributed by atoms with van der Waals surface area (Å²) in [7, 11) is 0. The average molecular weight is 397 g/mol. The smallest absolute Gasteiger partial charge is 0.272 e. The maximum Gasteiger partial charge on any atom is 0.272 e. The Kier molecular flexibility index (Phi) is 5.03. The summed E-state index contributed by atoms with van der Waals surface area (Å²) in [5, 5.41) is 8.20. The van der Waals surface area contributed by atoms with Crippen molar-refractivity contribution in [2.75, 3.05) is 18.2 Å². The summed E-state index contributed by atoms with van der Waals surface area (Å²) in [6, 6.07) is 7.33. The lowest BCUT2D eigenvalue weighted by Gasteiger charge is -2.29. The molecule has 0 aliphatic carbocycles. The number of alkyl halides is 2. The molecule has 1 aromatic carbocycles. The number of nitrogens with zero attached hydrogens (tertiary/aromatic N) is 4. The second-order valence-corrected chi connectivity index (χ2v) is 6.28. The molecular weight excluding hydrogens is 382 g/mol. The van der Waals surface area contributed by atoms with Crippen LogP contribution in [0.2, 0.25) is 0 Å². The monoisotopic (exact) mass is 396 g/mol. The van der Waals surface area contributed by atoms with E-state index in [0.717, 1.165) is 27.1 Å². The molecule has 2 aromatic rings. The van der Waals surface area contributed by atoms with Crippen LogP contribution >= 0.6 is 15.9 Å². The van der Waals surface area contributed by atoms with Gasteiger partial charge in [0.15, 0.2) is 0 Å². The molecule has 0 bridgehead atoms. The molecule has 0 spiro atoms. The number of aromatic nitrogens is 2. The molecule has 3 rings (SSSR count). The van der Waals surface area contributed by atoms with Crippen molar-refractivity contribution in [2.45, 2.75) is 19.9 Å². The van der Waals surface area contributed by atoms with Gasteiger partial charge in [-0.2, -0.15) is 10.2 Å². The molecule has 1 aliphatic heterocycles. The lowest BCUT2D eigenvalue weighted by Crippen LogP contribution is -2.28. The molecule has 0 radical (unpaired) electrons. The molecule has 2 heterocycles. The van der Waals surface area contributed by atoms with Gasteiger partial charge in [-0.3, -0.25) is 4.99 Å². The maximum absolute atomic E-state index is 12.5. The van der Waals surface area contributed by atoms with E-state index in [0.29, 0.717) is 19.0 Å². The Bertz CT molecular complexity index is 752. The highest BCUT2D eigenvalue weighted by Crippen LogP contribution is 2.37. The molecule has 5 nitrogen and oxygen atoms in total. The van der Waals surface area contributed by atoms with E-state index in [1.165, 1.54) is 0 Å². The number of hydrogen-bond acceptors (Lipinski definition) is 5. The van der Waals surface area contributed by atoms with Crippen molar-refractivity contribution in [2.24, 2.45) is 4.99 Å². The molecule has 0 saturated heterocycles. The van der Waals surface area contributed by atoms with Crippen LogP contribution in [0.4, 0.5) is 14.5 Å². The highest BCUT2D eigenvalue weighted by atomic mass is 79.9. The minimum atomic E-state index is -2.53. The first-order chi connectivity index (χ1) is 11.5. The lowest BCUT2D eigenvalue weighted by atomic mass is 10.1. The maximum atomic E-state index is 12.5. The summed E-state index contributed by atoms with van der Waals surface area (Å²) >= 11 is 3.37. The highest BCUT2D eigenvalue weighted by molar-refractivity contribution is 9.10. The average Bonchev–Trinajstić information content (AvgIpc) is 2.54. The predicted molar refractivity (Wildman–Crippen MR) is 91.1 cm³/mol. The Morgan fingerprint density at radius 1 is 1.29 bits per heavy atom. The van der Waals surface area contributed by atoms with Gasteiger partial charge in [0.1, 0.15) is 19.0 Å². The van der Waals surface area contributed by atoms with Crippen molar-refractivity contribution in [3.63, 3.8) is 0 Å². The van der Waals surface area contributed by atoms with E-state index in [-0.39, 0.29) is 0 Å². The predicted octanol–water partition coefficient (Wildman–Crippen LogP) is 3.59. The van der Waals surface area contributed by atoms with E-state index >= 15 is 0 Å². The SMILES string of the molecule is Cc1ccc(CN2CN=Cc3cc(Br)cc(OCC(F)F)c32)nn1. The summed E-state index contributed by atoms with van der Waals surface area (Å²) in [4.78, 5) is 6.25. The molecule has 126 valence electrons. The molecule has 0 N–H and O–H groups in total. The van der Waals surface area contributed by atoms with Crippen LogP contribution in [-0.4, -0.2) is 36.1 Å². The van der Waals surface area contributed by atoms with Crippen molar-refractivity contribution in [3.8, 4) is 5.75 Å². The molecule has 1 aliphatic rings. The minimum absolute atomic E-state index is 0.394. The van der Waals surface area contributed by atoms with Gasteiger partial charge in [0.25, 0.3) is 6.43 Å². The van der Waals surface area contributed by atoms with E-state index in [1.54, 1.807) is 12.3 Å². The largest absolute Gasteiger partial charge is 0.485 e. The summed E-state index contributed by atoms with van der Waals surface area (Å²) in [5.41, 5.74) is 3.14. The fraction of sp³-hybridized carbons (Fsp3) is 0.312. The Morgan fingerprint density at radius 3 is 2.83 bits per heavy atom. The number of rotatable bonds is 5. The summed E-state index contributed by atoms with van der Waals surface area (Å²) in [6.07, 6.45) is -0.819. The molecule has 0 atom stereocenters. The van der Waals surface area contributed by atoms with Crippen molar-refractivity contribution in [3.05, 3.63) is 45.7 Å². The third kappa shape index (κ3) is 3.87. The van der Waals surface area contributed by atoms with Gasteiger partial charge in [0, 0.05) is 16.3 Å². The quantitative estimate of drug-likeness (QED) is 0.774. The van der Waals surface area contributed by atoms with Crippen molar-refractivity contribution in [1.29, 1.82) is 0 Å². The first-order valence-corrected chi connectivity index (χ1v) is 8.10. The summed E-state index contributed by atoms with van der Waals surface area (Å²) in [6.45, 7) is 2.07. The first-order valence-electron chi connectivity index (χ1n) is 7.31. The van der Waals surface area contributed by atoms with Crippen LogP contribution in [0, 0.1) is 6.92 Å². The lowest BCUT2D eigenvalue weighted by molar-refractivity contribution is 0.0820. The molecule has 0 amide bonds. The fourth-order valence-corrected chi connectivity index (χ4v) is 2.89. The van der Waals surface area contributed by atoms with Crippen LogP contribution in [0.25, 0.3) is 0 Å². The zero-order chi connectivity index (χ0) is 17.1. The van der Waals surface area contributed by atoms with Crippen LogP contribution < -0.4 is 9.64 Å². The highest BCUT2D eigenvalue weighted by Gasteiger charge is 2.21. The van der Waals surface area contributed by atoms with Crippen LogP contribution in [0.5, 0.6) is 5.75 Å². The van der Waals surface area contributed by atoms with Gasteiger partial charge in [0.05, 0.1) is 23.6 Å². The zero-order valence-electron chi connectivity index (χ0n) is 12.9. The van der Waals surface area contributed by atoms with Gasteiger partial charge in [-0.05, 0) is 31.2 Å². The van der Waals surface area contributed by atoms with Crippen LogP contribution in [0.15, 0.2) is 33.7 Å². The molecule has 1 aromatic heterocycles. The summed E-state index contributed by atoms with van der Waals surface area (Å²) in [5.74, 6) is 0.394. The van der Waals surface area contributed by atoms with Crippen molar-refractivity contribution < 1.29 is 13.5 Å². The Hall–Kier alpha value is -2.09. The second kappa shape index (κ2) is 7.21. The van der Waals surface area contributed by atoms with E-state index in [2.05, 4.69) is 31.1 Å². The number of aliphatic imine (C=N–C) groups is 1. The van der Waals surface area contributed by atoms with E-state index < -0.39 is 13.0 Å². The third-order valence-electron chi connectivity index (χ3n) is 3.44. The topological polar surface area (TPSA) is 50.6 Å². The number of hydrogen-bond donors (Lipinski definition) is 0. The minimum Gasteiger partial charge on any atom is -0.485 e. The van der Waals surface area contributed by atoms with E-state index in [1.807, 2.05) is 30.0 Å². The standard InChI is InChI=1S/C16H15BrF2N4O/c1-10-2-3-13(22-21-10)7-23-9-20-6-11-4-12(17)5-14(16(11)23)24-8-15(18)19/h2-6,15H,7-9H2,1H3. The number of ether oxygens (including phenoxy) is 1. The molecule has 0 unspecified atom stereocenters. The van der Waals surface area contributed by atoms with Crippen LogP contribution in [-0.2, 0) is 6.54 Å². The first kappa shape index (κ1) is 16.8. The van der Waals surface area contributed by atoms with Gasteiger partial charge >= 0.3 is 0 Å². The molecular formula is C16H15BrF2N4O. The second-order valence-electron chi connectivity index (χ2n) is 5.36.